The second-order valence-corrected chi connectivity index (χ2v) is 7.53. The minimum Gasteiger partial charge on any atom is -0.493 e. The molecule has 0 spiro atoms. The second-order valence-electron chi connectivity index (χ2n) is 6.66. The van der Waals surface area contributed by atoms with Crippen molar-refractivity contribution in [3.63, 3.8) is 0 Å². The molecule has 4 nitrogen and oxygen atoms in total. The highest BCUT2D eigenvalue weighted by Gasteiger charge is 2.23. The lowest BCUT2D eigenvalue weighted by Crippen LogP contribution is -2.40. The van der Waals surface area contributed by atoms with Crippen molar-refractivity contribution in [2.45, 2.75) is 19.3 Å². The van der Waals surface area contributed by atoms with Gasteiger partial charge in [0.1, 0.15) is 5.75 Å². The monoisotopic (exact) mass is 428 g/mol. The summed E-state index contributed by atoms with van der Waals surface area (Å²) in [6.45, 7) is 2.13. The van der Waals surface area contributed by atoms with Crippen molar-refractivity contribution in [3.8, 4) is 5.75 Å². The van der Waals surface area contributed by atoms with Gasteiger partial charge in [-0.05, 0) is 54.7 Å². The molecule has 1 saturated heterocycles. The topological polar surface area (TPSA) is 55.6 Å². The third-order valence-electron chi connectivity index (χ3n) is 4.62. The number of carbonyl (C=O) groups excluding carboxylic acids is 1. The first kappa shape index (κ1) is 21.7. The van der Waals surface area contributed by atoms with Gasteiger partial charge >= 0.3 is 0 Å². The Morgan fingerprint density at radius 1 is 1.07 bits per heavy atom. The number of amides is 1. The fourth-order valence-electron chi connectivity index (χ4n) is 3.10. The minimum absolute atomic E-state index is 0. The first-order valence-corrected chi connectivity index (χ1v) is 9.46. The molecule has 146 valence electrons. The van der Waals surface area contributed by atoms with Crippen LogP contribution in [0, 0.1) is 5.92 Å². The number of hydrogen-bond acceptors (Lipinski definition) is 3. The van der Waals surface area contributed by atoms with Crippen LogP contribution in [0.25, 0.3) is 0 Å². The number of rotatable bonds is 5. The summed E-state index contributed by atoms with van der Waals surface area (Å²) in [5, 5.41) is 1.13. The molecule has 0 radical (unpaired) electrons. The number of ether oxygens (including phenoxy) is 1. The van der Waals surface area contributed by atoms with E-state index in [1.165, 1.54) is 0 Å². The van der Waals surface area contributed by atoms with Gasteiger partial charge < -0.3 is 15.4 Å². The molecular formula is C20H23Cl3N2O2. The molecule has 0 aromatic heterocycles. The molecule has 1 aliphatic rings. The number of nitrogens with zero attached hydrogens (tertiary/aromatic N) is 1. The molecule has 27 heavy (non-hydrogen) atoms. The van der Waals surface area contributed by atoms with Crippen LogP contribution in [0.4, 0.5) is 5.69 Å². The summed E-state index contributed by atoms with van der Waals surface area (Å²) in [5.74, 6) is 1.27. The molecule has 2 aromatic rings. The van der Waals surface area contributed by atoms with Crippen LogP contribution < -0.4 is 10.5 Å². The van der Waals surface area contributed by atoms with Crippen LogP contribution in [-0.4, -0.2) is 30.5 Å². The van der Waals surface area contributed by atoms with Crippen LogP contribution in [0.5, 0.6) is 5.75 Å². The van der Waals surface area contributed by atoms with Crippen molar-refractivity contribution < 1.29 is 9.53 Å². The Kier molecular flexibility index (Phi) is 8.08. The zero-order valence-corrected chi connectivity index (χ0v) is 17.2. The van der Waals surface area contributed by atoms with Crippen LogP contribution in [0.3, 0.4) is 0 Å². The van der Waals surface area contributed by atoms with E-state index in [1.807, 2.05) is 29.2 Å². The lowest BCUT2D eigenvalue weighted by Gasteiger charge is -2.32. The first-order chi connectivity index (χ1) is 12.5. The van der Waals surface area contributed by atoms with Gasteiger partial charge in [0.05, 0.1) is 13.0 Å². The van der Waals surface area contributed by atoms with Crippen molar-refractivity contribution in [3.05, 3.63) is 58.1 Å². The quantitative estimate of drug-likeness (QED) is 0.691. The number of benzene rings is 2. The summed E-state index contributed by atoms with van der Waals surface area (Å²) in [6.07, 6.45) is 2.28. The standard InChI is InChI=1S/C20H22Cl2N2O2.ClH/c21-16-10-17(22)12-19(11-16)26-13-15-5-7-24(8-6-15)20(25)9-14-1-3-18(23)4-2-14;/h1-4,10-12,15H,5-9,13,23H2;1H. The van der Waals surface area contributed by atoms with E-state index in [9.17, 15) is 4.79 Å². The van der Waals surface area contributed by atoms with Crippen LogP contribution in [0.15, 0.2) is 42.5 Å². The Balaban J connectivity index is 0.00000261. The Bertz CT molecular complexity index is 740. The summed E-state index contributed by atoms with van der Waals surface area (Å²) in [4.78, 5) is 14.4. The zero-order chi connectivity index (χ0) is 18.5. The van der Waals surface area contributed by atoms with E-state index in [1.54, 1.807) is 18.2 Å². The summed E-state index contributed by atoms with van der Waals surface area (Å²) >= 11 is 12.0. The molecule has 2 N–H and O–H groups in total. The number of anilines is 1. The summed E-state index contributed by atoms with van der Waals surface area (Å²) in [6, 6.07) is 12.7. The van der Waals surface area contributed by atoms with E-state index in [4.69, 9.17) is 33.7 Å². The third-order valence-corrected chi connectivity index (χ3v) is 5.06. The molecule has 0 atom stereocenters. The molecular weight excluding hydrogens is 407 g/mol. The first-order valence-electron chi connectivity index (χ1n) is 8.70. The molecule has 3 rings (SSSR count). The second kappa shape index (κ2) is 10.1. The minimum atomic E-state index is 0. The molecule has 0 saturated carbocycles. The smallest absolute Gasteiger partial charge is 0.226 e. The maximum absolute atomic E-state index is 12.4. The number of hydrogen-bond donors (Lipinski definition) is 1. The van der Waals surface area contributed by atoms with E-state index in [0.717, 1.165) is 31.5 Å². The molecule has 0 unspecified atom stereocenters. The Morgan fingerprint density at radius 3 is 2.26 bits per heavy atom. The van der Waals surface area contributed by atoms with Crippen LogP contribution in [0.2, 0.25) is 10.0 Å². The fourth-order valence-corrected chi connectivity index (χ4v) is 3.60. The maximum Gasteiger partial charge on any atom is 0.226 e. The lowest BCUT2D eigenvalue weighted by molar-refractivity contribution is -0.132. The molecule has 0 bridgehead atoms. The number of piperidine rings is 1. The van der Waals surface area contributed by atoms with Crippen LogP contribution >= 0.6 is 35.6 Å². The number of nitrogen functional groups attached to an aromatic ring is 1. The largest absolute Gasteiger partial charge is 0.493 e. The average molecular weight is 430 g/mol. The zero-order valence-electron chi connectivity index (χ0n) is 14.9. The van der Waals surface area contributed by atoms with Gasteiger partial charge in [-0.15, -0.1) is 12.4 Å². The Hall–Kier alpha value is -1.62. The predicted molar refractivity (Wildman–Crippen MR) is 113 cm³/mol. The van der Waals surface area contributed by atoms with Gasteiger partial charge in [-0.25, -0.2) is 0 Å². The predicted octanol–water partition coefficient (Wildman–Crippen LogP) is 4.86. The van der Waals surface area contributed by atoms with Gasteiger partial charge in [0, 0.05) is 28.8 Å². The summed E-state index contributed by atoms with van der Waals surface area (Å²) in [5.41, 5.74) is 7.38. The molecule has 2 aromatic carbocycles. The van der Waals surface area contributed by atoms with Crippen molar-refractivity contribution in [1.29, 1.82) is 0 Å². The van der Waals surface area contributed by atoms with Crippen molar-refractivity contribution in [2.75, 3.05) is 25.4 Å². The van der Waals surface area contributed by atoms with Gasteiger partial charge in [-0.2, -0.15) is 0 Å². The molecule has 0 aliphatic carbocycles. The maximum atomic E-state index is 12.4. The number of likely N-dealkylation sites (tertiary alicyclic amines) is 1. The number of carbonyl (C=O) groups is 1. The van der Waals surface area contributed by atoms with Crippen LogP contribution in [0.1, 0.15) is 18.4 Å². The van der Waals surface area contributed by atoms with Crippen LogP contribution in [-0.2, 0) is 11.2 Å². The summed E-state index contributed by atoms with van der Waals surface area (Å²) < 4.78 is 5.83. The summed E-state index contributed by atoms with van der Waals surface area (Å²) in [7, 11) is 0. The lowest BCUT2D eigenvalue weighted by atomic mass is 9.97. The van der Waals surface area contributed by atoms with Gasteiger partial charge in [0.15, 0.2) is 0 Å². The highest BCUT2D eigenvalue weighted by atomic mass is 35.5. The molecule has 7 heteroatoms. The van der Waals surface area contributed by atoms with Gasteiger partial charge in [-0.1, -0.05) is 35.3 Å². The number of halogens is 3. The highest BCUT2D eigenvalue weighted by Crippen LogP contribution is 2.26. The molecule has 1 heterocycles. The van der Waals surface area contributed by atoms with E-state index in [-0.39, 0.29) is 18.3 Å². The third kappa shape index (κ3) is 6.49. The molecule has 1 fully saturated rings. The molecule has 1 aliphatic heterocycles. The van der Waals surface area contributed by atoms with E-state index >= 15 is 0 Å². The average Bonchev–Trinajstić information content (AvgIpc) is 2.61. The van der Waals surface area contributed by atoms with Gasteiger partial charge in [0.25, 0.3) is 0 Å². The Labute approximate surface area is 176 Å². The SMILES string of the molecule is Cl.Nc1ccc(CC(=O)N2CCC(COc3cc(Cl)cc(Cl)c3)CC2)cc1. The van der Waals surface area contributed by atoms with E-state index in [0.29, 0.717) is 40.4 Å². The van der Waals surface area contributed by atoms with Gasteiger partial charge in [-0.3, -0.25) is 4.79 Å². The Morgan fingerprint density at radius 2 is 1.67 bits per heavy atom. The fraction of sp³-hybridized carbons (Fsp3) is 0.350. The molecule has 1 amide bonds. The number of nitrogens with two attached hydrogens (primary N) is 1. The normalized spacial score (nSPS) is 14.5. The van der Waals surface area contributed by atoms with E-state index < -0.39 is 0 Å². The van der Waals surface area contributed by atoms with Crippen molar-refractivity contribution >= 4 is 47.2 Å². The highest BCUT2D eigenvalue weighted by molar-refractivity contribution is 6.34. The van der Waals surface area contributed by atoms with E-state index in [2.05, 4.69) is 0 Å². The van der Waals surface area contributed by atoms with Crippen molar-refractivity contribution in [2.24, 2.45) is 5.92 Å². The van der Waals surface area contributed by atoms with Crippen molar-refractivity contribution in [1.82, 2.24) is 4.90 Å². The van der Waals surface area contributed by atoms with Gasteiger partial charge in [0.2, 0.25) is 5.91 Å².